The minimum Gasteiger partial charge on any atom is -0.310 e. The molecule has 0 saturated heterocycles. The third-order valence-corrected chi connectivity index (χ3v) is 3.71. The van der Waals surface area contributed by atoms with E-state index in [-0.39, 0.29) is 0 Å². The van der Waals surface area contributed by atoms with Crippen molar-refractivity contribution in [2.24, 2.45) is 0 Å². The van der Waals surface area contributed by atoms with E-state index in [1.54, 1.807) is 11.3 Å². The summed E-state index contributed by atoms with van der Waals surface area (Å²) in [6, 6.07) is 11.6. The van der Waals surface area contributed by atoms with Crippen LogP contribution in [0, 0.1) is 0 Å². The molecular formula is C15H19NS. The normalized spacial score (nSPS) is 12.6. The van der Waals surface area contributed by atoms with Crippen LogP contribution in [0.4, 0.5) is 0 Å². The Balaban J connectivity index is 2.17. The number of hydrogen-bond acceptors (Lipinski definition) is 2. The summed E-state index contributed by atoms with van der Waals surface area (Å²) in [5, 5.41) is 7.82. The summed E-state index contributed by atoms with van der Waals surface area (Å²) in [7, 11) is 0. The number of benzene rings is 1. The molecule has 0 aliphatic heterocycles. The van der Waals surface area contributed by atoms with Gasteiger partial charge in [0.1, 0.15) is 0 Å². The minimum atomic E-state index is 0.483. The van der Waals surface area contributed by atoms with Crippen LogP contribution in [0.2, 0.25) is 0 Å². The maximum absolute atomic E-state index is 3.50. The molecule has 1 N–H and O–H groups in total. The van der Waals surface area contributed by atoms with Gasteiger partial charge in [-0.25, -0.2) is 0 Å². The fraction of sp³-hybridized carbons (Fsp3) is 0.333. The van der Waals surface area contributed by atoms with Crippen molar-refractivity contribution in [1.82, 2.24) is 5.32 Å². The lowest BCUT2D eigenvalue weighted by molar-refractivity contribution is 0.537. The zero-order chi connectivity index (χ0) is 12.1. The molecule has 1 aromatic carbocycles. The Hall–Kier alpha value is -1.12. The first-order valence-corrected chi connectivity index (χ1v) is 7.15. The predicted molar refractivity (Wildman–Crippen MR) is 76.5 cm³/mol. The molecule has 2 heteroatoms. The molecule has 0 radical (unpaired) electrons. The Bertz CT molecular complexity index is 430. The van der Waals surface area contributed by atoms with Crippen molar-refractivity contribution in [1.29, 1.82) is 0 Å². The van der Waals surface area contributed by atoms with Gasteiger partial charge in [0.15, 0.2) is 0 Å². The zero-order valence-corrected chi connectivity index (χ0v) is 11.3. The van der Waals surface area contributed by atoms with Crippen LogP contribution in [0.1, 0.15) is 31.9 Å². The molecule has 1 aromatic heterocycles. The van der Waals surface area contributed by atoms with Crippen LogP contribution in [0.3, 0.4) is 0 Å². The maximum Gasteiger partial charge on any atom is 0.0317 e. The van der Waals surface area contributed by atoms with E-state index in [0.29, 0.717) is 6.04 Å². The van der Waals surface area contributed by atoms with E-state index in [0.717, 1.165) is 13.0 Å². The Kier molecular flexibility index (Phi) is 4.35. The fourth-order valence-electron chi connectivity index (χ4n) is 2.08. The van der Waals surface area contributed by atoms with E-state index < -0.39 is 0 Å². The molecule has 0 aliphatic rings. The first-order valence-electron chi connectivity index (χ1n) is 6.21. The van der Waals surface area contributed by atoms with E-state index in [2.05, 4.69) is 60.3 Å². The van der Waals surface area contributed by atoms with Crippen molar-refractivity contribution in [2.75, 3.05) is 6.54 Å². The summed E-state index contributed by atoms with van der Waals surface area (Å²) < 4.78 is 0. The number of hydrogen-bond donors (Lipinski definition) is 1. The third kappa shape index (κ3) is 2.96. The van der Waals surface area contributed by atoms with Gasteiger partial charge in [-0.1, -0.05) is 38.1 Å². The van der Waals surface area contributed by atoms with Gasteiger partial charge in [0.2, 0.25) is 0 Å². The number of rotatable bonds is 5. The maximum atomic E-state index is 3.50. The molecule has 1 heterocycles. The molecule has 1 unspecified atom stereocenters. The monoisotopic (exact) mass is 245 g/mol. The summed E-state index contributed by atoms with van der Waals surface area (Å²) in [4.78, 5) is 0. The second-order valence-electron chi connectivity index (χ2n) is 4.15. The van der Waals surface area contributed by atoms with Crippen molar-refractivity contribution in [3.05, 3.63) is 46.7 Å². The van der Waals surface area contributed by atoms with Crippen LogP contribution in [-0.2, 0) is 0 Å². The van der Waals surface area contributed by atoms with E-state index in [1.807, 2.05) is 0 Å². The molecule has 2 aromatic rings. The number of thiophene rings is 1. The van der Waals surface area contributed by atoms with Gasteiger partial charge in [-0.2, -0.15) is 11.3 Å². The van der Waals surface area contributed by atoms with Crippen LogP contribution < -0.4 is 5.32 Å². The lowest BCUT2D eigenvalue weighted by Crippen LogP contribution is -2.19. The van der Waals surface area contributed by atoms with E-state index >= 15 is 0 Å². The zero-order valence-electron chi connectivity index (χ0n) is 10.4. The minimum absolute atomic E-state index is 0.483. The molecule has 1 nitrogen and oxygen atoms in total. The van der Waals surface area contributed by atoms with Gasteiger partial charge < -0.3 is 5.32 Å². The molecule has 0 bridgehead atoms. The van der Waals surface area contributed by atoms with Crippen molar-refractivity contribution in [3.63, 3.8) is 0 Å². The van der Waals surface area contributed by atoms with E-state index in [1.165, 1.54) is 16.7 Å². The average molecular weight is 245 g/mol. The molecular weight excluding hydrogens is 226 g/mol. The highest BCUT2D eigenvalue weighted by molar-refractivity contribution is 7.08. The Morgan fingerprint density at radius 2 is 1.82 bits per heavy atom. The van der Waals surface area contributed by atoms with Gasteiger partial charge in [0.05, 0.1) is 0 Å². The highest BCUT2D eigenvalue weighted by Crippen LogP contribution is 2.24. The van der Waals surface area contributed by atoms with Crippen molar-refractivity contribution in [3.8, 4) is 11.1 Å². The smallest absolute Gasteiger partial charge is 0.0317 e. The van der Waals surface area contributed by atoms with Gasteiger partial charge in [-0.15, -0.1) is 0 Å². The highest BCUT2D eigenvalue weighted by atomic mass is 32.1. The fourth-order valence-corrected chi connectivity index (χ4v) is 2.75. The summed E-state index contributed by atoms with van der Waals surface area (Å²) in [5.41, 5.74) is 4.01. The topological polar surface area (TPSA) is 12.0 Å². The Labute approximate surface area is 108 Å². The predicted octanol–water partition coefficient (Wildman–Crippen LogP) is 4.48. The van der Waals surface area contributed by atoms with E-state index in [4.69, 9.17) is 0 Å². The second kappa shape index (κ2) is 5.99. The van der Waals surface area contributed by atoms with Crippen LogP contribution in [0.5, 0.6) is 0 Å². The van der Waals surface area contributed by atoms with E-state index in [9.17, 15) is 0 Å². The van der Waals surface area contributed by atoms with Crippen LogP contribution in [0.25, 0.3) is 11.1 Å². The molecule has 2 rings (SSSR count). The first-order chi connectivity index (χ1) is 8.35. The highest BCUT2D eigenvalue weighted by Gasteiger charge is 2.07. The first kappa shape index (κ1) is 12.3. The van der Waals surface area contributed by atoms with Crippen molar-refractivity contribution in [2.45, 2.75) is 26.3 Å². The molecule has 0 aliphatic carbocycles. The lowest BCUT2D eigenvalue weighted by Gasteiger charge is -2.16. The van der Waals surface area contributed by atoms with Gasteiger partial charge in [-0.3, -0.25) is 0 Å². The second-order valence-corrected chi connectivity index (χ2v) is 4.93. The summed E-state index contributed by atoms with van der Waals surface area (Å²) >= 11 is 1.75. The molecule has 0 spiro atoms. The Morgan fingerprint density at radius 1 is 1.06 bits per heavy atom. The van der Waals surface area contributed by atoms with Gasteiger partial charge in [0.25, 0.3) is 0 Å². The molecule has 0 amide bonds. The molecule has 1 atom stereocenters. The lowest BCUT2D eigenvalue weighted by atomic mass is 10.0. The van der Waals surface area contributed by atoms with Gasteiger partial charge in [-0.05, 0) is 46.5 Å². The van der Waals surface area contributed by atoms with Crippen LogP contribution in [-0.4, -0.2) is 6.54 Å². The van der Waals surface area contributed by atoms with Crippen molar-refractivity contribution >= 4 is 11.3 Å². The molecule has 0 saturated carbocycles. The van der Waals surface area contributed by atoms with Crippen LogP contribution >= 0.6 is 11.3 Å². The van der Waals surface area contributed by atoms with Gasteiger partial charge >= 0.3 is 0 Å². The standard InChI is InChI=1S/C15H19NS/c1-3-15(16-4-2)13-7-5-12(6-8-13)14-9-10-17-11-14/h5-11,15-16H,3-4H2,1-2H3. The molecule has 90 valence electrons. The average Bonchev–Trinajstić information content (AvgIpc) is 2.90. The Morgan fingerprint density at radius 3 is 2.35 bits per heavy atom. The molecule has 17 heavy (non-hydrogen) atoms. The molecule has 0 fully saturated rings. The third-order valence-electron chi connectivity index (χ3n) is 3.03. The van der Waals surface area contributed by atoms with Crippen molar-refractivity contribution < 1.29 is 0 Å². The number of nitrogens with one attached hydrogen (secondary N) is 1. The largest absolute Gasteiger partial charge is 0.310 e. The summed E-state index contributed by atoms with van der Waals surface area (Å²) in [5.74, 6) is 0. The quantitative estimate of drug-likeness (QED) is 0.819. The SMILES string of the molecule is CCNC(CC)c1ccc(-c2ccsc2)cc1. The van der Waals surface area contributed by atoms with Gasteiger partial charge in [0, 0.05) is 6.04 Å². The summed E-state index contributed by atoms with van der Waals surface area (Å²) in [6.07, 6.45) is 1.13. The summed E-state index contributed by atoms with van der Waals surface area (Å²) in [6.45, 7) is 5.40. The van der Waals surface area contributed by atoms with Crippen LogP contribution in [0.15, 0.2) is 41.1 Å².